The van der Waals surface area contributed by atoms with Crippen LogP contribution in [0.15, 0.2) is 47.4 Å². The molecule has 0 aliphatic carbocycles. The smallest absolute Gasteiger partial charge is 0.240 e. The van der Waals surface area contributed by atoms with Gasteiger partial charge >= 0.3 is 0 Å². The fraction of sp³-hybridized carbons (Fsp3) is 0.429. The van der Waals surface area contributed by atoms with Gasteiger partial charge in [-0.3, -0.25) is 4.90 Å². The number of benzene rings is 2. The quantitative estimate of drug-likeness (QED) is 0.776. The van der Waals surface area contributed by atoms with Crippen molar-refractivity contribution in [1.29, 1.82) is 0 Å². The Morgan fingerprint density at radius 3 is 2.10 bits per heavy atom. The van der Waals surface area contributed by atoms with Crippen LogP contribution in [0, 0.1) is 11.6 Å². The lowest BCUT2D eigenvalue weighted by Crippen LogP contribution is -2.57. The molecule has 0 amide bonds. The maximum Gasteiger partial charge on any atom is 0.240 e. The van der Waals surface area contributed by atoms with Crippen LogP contribution >= 0.6 is 0 Å². The van der Waals surface area contributed by atoms with Crippen LogP contribution in [0.4, 0.5) is 8.78 Å². The third kappa shape index (κ3) is 5.19. The predicted octanol–water partition coefficient (Wildman–Crippen LogP) is 2.94. The summed E-state index contributed by atoms with van der Waals surface area (Å²) in [4.78, 5) is 4.69. The summed E-state index contributed by atoms with van der Waals surface area (Å²) in [5.41, 5.74) is 0.789. The second kappa shape index (κ2) is 8.47. The highest BCUT2D eigenvalue weighted by Gasteiger charge is 2.30. The molecule has 1 aliphatic heterocycles. The lowest BCUT2D eigenvalue weighted by Gasteiger charge is -2.43. The van der Waals surface area contributed by atoms with Crippen LogP contribution < -0.4 is 4.72 Å². The number of halogens is 2. The summed E-state index contributed by atoms with van der Waals surface area (Å²) in [5.74, 6) is -1.85. The van der Waals surface area contributed by atoms with Gasteiger partial charge in [0.2, 0.25) is 10.0 Å². The van der Waals surface area contributed by atoms with Crippen molar-refractivity contribution in [3.8, 4) is 11.1 Å². The first kappa shape index (κ1) is 21.8. The molecule has 0 aromatic heterocycles. The van der Waals surface area contributed by atoms with E-state index < -0.39 is 21.7 Å². The summed E-state index contributed by atoms with van der Waals surface area (Å²) >= 11 is 0. The van der Waals surface area contributed by atoms with Crippen LogP contribution in [0.2, 0.25) is 0 Å². The maximum atomic E-state index is 13.4. The van der Waals surface area contributed by atoms with Crippen molar-refractivity contribution >= 4 is 10.0 Å². The van der Waals surface area contributed by atoms with E-state index in [1.165, 1.54) is 18.2 Å². The summed E-state index contributed by atoms with van der Waals surface area (Å²) in [6.07, 6.45) is 0. The van der Waals surface area contributed by atoms with Gasteiger partial charge in [-0.15, -0.1) is 0 Å². The molecule has 0 bridgehead atoms. The van der Waals surface area contributed by atoms with E-state index in [0.717, 1.165) is 38.3 Å². The highest BCUT2D eigenvalue weighted by atomic mass is 32.2. The van der Waals surface area contributed by atoms with Gasteiger partial charge in [-0.05, 0) is 56.3 Å². The van der Waals surface area contributed by atoms with Gasteiger partial charge < -0.3 is 4.90 Å². The Hall–Kier alpha value is -1.87. The van der Waals surface area contributed by atoms with E-state index in [4.69, 9.17) is 0 Å². The molecule has 1 saturated heterocycles. The Kier molecular flexibility index (Phi) is 6.38. The summed E-state index contributed by atoms with van der Waals surface area (Å²) in [5, 5.41) is 0. The van der Waals surface area contributed by atoms with Crippen LogP contribution in [-0.2, 0) is 10.0 Å². The van der Waals surface area contributed by atoms with E-state index in [2.05, 4.69) is 21.6 Å². The van der Waals surface area contributed by atoms with Crippen molar-refractivity contribution in [2.75, 3.05) is 39.8 Å². The van der Waals surface area contributed by atoms with Gasteiger partial charge in [0, 0.05) is 38.3 Å². The van der Waals surface area contributed by atoms with Crippen molar-refractivity contribution in [2.24, 2.45) is 0 Å². The zero-order valence-corrected chi connectivity index (χ0v) is 17.8. The molecule has 1 heterocycles. The highest BCUT2D eigenvalue weighted by Crippen LogP contribution is 2.23. The predicted molar refractivity (Wildman–Crippen MR) is 110 cm³/mol. The minimum atomic E-state index is -3.68. The Morgan fingerprint density at radius 1 is 0.931 bits per heavy atom. The molecule has 1 fully saturated rings. The lowest BCUT2D eigenvalue weighted by molar-refractivity contribution is 0.0652. The van der Waals surface area contributed by atoms with E-state index in [9.17, 15) is 17.2 Å². The molecular weight excluding hydrogens is 396 g/mol. The number of nitrogens with zero attached hydrogens (tertiary/aromatic N) is 2. The number of hydrogen-bond acceptors (Lipinski definition) is 4. The van der Waals surface area contributed by atoms with Crippen LogP contribution in [0.1, 0.15) is 13.8 Å². The zero-order valence-electron chi connectivity index (χ0n) is 17.0. The molecule has 1 aliphatic rings. The fourth-order valence-electron chi connectivity index (χ4n) is 3.38. The summed E-state index contributed by atoms with van der Waals surface area (Å²) in [7, 11) is -1.60. The molecule has 2 aromatic carbocycles. The molecule has 0 spiro atoms. The first-order chi connectivity index (χ1) is 13.6. The topological polar surface area (TPSA) is 52.6 Å². The van der Waals surface area contributed by atoms with Crippen molar-refractivity contribution in [3.63, 3.8) is 0 Å². The van der Waals surface area contributed by atoms with Crippen molar-refractivity contribution in [2.45, 2.75) is 24.3 Å². The Labute approximate surface area is 171 Å². The number of hydrogen-bond donors (Lipinski definition) is 1. The first-order valence-corrected chi connectivity index (χ1v) is 11.1. The normalized spacial score (nSPS) is 16.9. The Morgan fingerprint density at radius 2 is 1.52 bits per heavy atom. The molecule has 2 aromatic rings. The van der Waals surface area contributed by atoms with E-state index in [0.29, 0.717) is 17.7 Å². The second-order valence-electron chi connectivity index (χ2n) is 8.08. The largest absolute Gasteiger partial charge is 0.304 e. The van der Waals surface area contributed by atoms with Crippen molar-refractivity contribution < 1.29 is 17.2 Å². The molecule has 0 atom stereocenters. The molecule has 29 heavy (non-hydrogen) atoms. The van der Waals surface area contributed by atoms with Gasteiger partial charge in [-0.25, -0.2) is 21.9 Å². The molecule has 0 radical (unpaired) electrons. The van der Waals surface area contributed by atoms with Gasteiger partial charge in [0.25, 0.3) is 0 Å². The van der Waals surface area contributed by atoms with Crippen molar-refractivity contribution in [1.82, 2.24) is 14.5 Å². The van der Waals surface area contributed by atoms with E-state index >= 15 is 0 Å². The first-order valence-electron chi connectivity index (χ1n) is 9.57. The SMILES string of the molecule is CN1CCN(C(C)(C)CNS(=O)(=O)c2ccc(-c3ccc(F)c(F)c3)cc2)CC1. The number of likely N-dealkylation sites (N-methyl/N-ethyl adjacent to an activating group) is 1. The van der Waals surface area contributed by atoms with E-state index in [1.807, 2.05) is 13.8 Å². The number of sulfonamides is 1. The molecule has 5 nitrogen and oxygen atoms in total. The van der Waals surface area contributed by atoms with Gasteiger partial charge in [0.05, 0.1) is 4.90 Å². The molecule has 1 N–H and O–H groups in total. The summed E-state index contributed by atoms with van der Waals surface area (Å²) in [6.45, 7) is 8.08. The summed E-state index contributed by atoms with van der Waals surface area (Å²) < 4.78 is 54.7. The average molecular weight is 424 g/mol. The van der Waals surface area contributed by atoms with Gasteiger partial charge in [0.1, 0.15) is 0 Å². The number of nitrogens with one attached hydrogen (secondary N) is 1. The number of rotatable bonds is 6. The minimum absolute atomic E-state index is 0.137. The van der Waals surface area contributed by atoms with Crippen LogP contribution in [-0.4, -0.2) is 63.5 Å². The van der Waals surface area contributed by atoms with Gasteiger partial charge in [-0.2, -0.15) is 0 Å². The molecule has 0 unspecified atom stereocenters. The molecular formula is C21H27F2N3O2S. The molecule has 3 rings (SSSR count). The lowest BCUT2D eigenvalue weighted by atomic mass is 10.0. The monoisotopic (exact) mass is 423 g/mol. The fourth-order valence-corrected chi connectivity index (χ4v) is 4.59. The second-order valence-corrected chi connectivity index (χ2v) is 9.85. The Bertz CT molecular complexity index is 954. The van der Waals surface area contributed by atoms with E-state index in [-0.39, 0.29) is 10.4 Å². The minimum Gasteiger partial charge on any atom is -0.304 e. The third-order valence-electron chi connectivity index (χ3n) is 5.47. The zero-order chi connectivity index (χ0) is 21.2. The molecule has 158 valence electrons. The summed E-state index contributed by atoms with van der Waals surface area (Å²) in [6, 6.07) is 9.73. The Balaban J connectivity index is 1.68. The van der Waals surface area contributed by atoms with Crippen molar-refractivity contribution in [3.05, 3.63) is 54.1 Å². The van der Waals surface area contributed by atoms with Gasteiger partial charge in [-0.1, -0.05) is 18.2 Å². The standard InChI is InChI=1S/C21H27F2N3O2S/c1-21(2,26-12-10-25(3)11-13-26)15-24-29(27,28)18-7-4-16(5-8-18)17-6-9-19(22)20(23)14-17/h4-9,14,24H,10-13,15H2,1-3H3. The maximum absolute atomic E-state index is 13.4. The van der Waals surface area contributed by atoms with Crippen LogP contribution in [0.5, 0.6) is 0 Å². The average Bonchev–Trinajstić information content (AvgIpc) is 2.69. The van der Waals surface area contributed by atoms with Crippen LogP contribution in [0.3, 0.4) is 0 Å². The van der Waals surface area contributed by atoms with Crippen LogP contribution in [0.25, 0.3) is 11.1 Å². The van der Waals surface area contributed by atoms with Gasteiger partial charge in [0.15, 0.2) is 11.6 Å². The highest BCUT2D eigenvalue weighted by molar-refractivity contribution is 7.89. The molecule has 0 saturated carbocycles. The number of piperazine rings is 1. The van der Waals surface area contributed by atoms with E-state index in [1.54, 1.807) is 12.1 Å². The molecule has 8 heteroatoms. The third-order valence-corrected chi connectivity index (χ3v) is 6.89.